The average molecular weight is 210 g/mol. The monoisotopic (exact) mass is 210 g/mol. The maximum Gasteiger partial charge on any atom is 0.107 e. The Morgan fingerprint density at radius 1 is 1.50 bits per heavy atom. The zero-order chi connectivity index (χ0) is 10.1. The fourth-order valence-electron chi connectivity index (χ4n) is 1.66. The van der Waals surface area contributed by atoms with Gasteiger partial charge in [-0.1, -0.05) is 6.92 Å². The summed E-state index contributed by atoms with van der Waals surface area (Å²) in [5, 5.41) is 4.71. The molecule has 0 saturated heterocycles. The number of aryl methyl sites for hydroxylation is 2. The van der Waals surface area contributed by atoms with E-state index in [4.69, 9.17) is 0 Å². The van der Waals surface area contributed by atoms with Gasteiger partial charge in [-0.3, -0.25) is 0 Å². The minimum atomic E-state index is 0.928. The molecule has 78 valence electrons. The quantitative estimate of drug-likeness (QED) is 0.826. The summed E-state index contributed by atoms with van der Waals surface area (Å²) in [5.74, 6) is 1.87. The van der Waals surface area contributed by atoms with Gasteiger partial charge in [-0.25, -0.2) is 4.98 Å². The third-order valence-corrected chi connectivity index (χ3v) is 4.10. The Labute approximate surface area is 89.8 Å². The van der Waals surface area contributed by atoms with Crippen LogP contribution < -0.4 is 5.32 Å². The Morgan fingerprint density at radius 2 is 2.21 bits per heavy atom. The minimum Gasteiger partial charge on any atom is -0.310 e. The molecule has 1 aromatic heterocycles. The van der Waals surface area contributed by atoms with E-state index < -0.39 is 0 Å². The van der Waals surface area contributed by atoms with E-state index in [1.54, 1.807) is 0 Å². The van der Waals surface area contributed by atoms with Gasteiger partial charge in [0.1, 0.15) is 5.01 Å². The van der Waals surface area contributed by atoms with E-state index in [2.05, 4.69) is 31.1 Å². The van der Waals surface area contributed by atoms with Crippen LogP contribution in [0.4, 0.5) is 0 Å². The molecule has 0 aromatic carbocycles. The van der Waals surface area contributed by atoms with Crippen LogP contribution in [-0.2, 0) is 6.54 Å². The normalized spacial score (nSPS) is 25.4. The first-order chi connectivity index (χ1) is 6.66. The molecule has 1 aliphatic carbocycles. The van der Waals surface area contributed by atoms with Crippen LogP contribution in [0.1, 0.15) is 28.9 Å². The third-order valence-electron chi connectivity index (χ3n) is 3.03. The summed E-state index contributed by atoms with van der Waals surface area (Å²) in [6, 6.07) is 0. The van der Waals surface area contributed by atoms with Crippen molar-refractivity contribution in [2.75, 3.05) is 6.54 Å². The van der Waals surface area contributed by atoms with Crippen molar-refractivity contribution in [1.82, 2.24) is 10.3 Å². The SMILES string of the molecule is Cc1nc(CNCC2CC2C)sc1C. The summed E-state index contributed by atoms with van der Waals surface area (Å²) in [7, 11) is 0. The van der Waals surface area contributed by atoms with Crippen molar-refractivity contribution < 1.29 is 0 Å². The maximum atomic E-state index is 4.50. The van der Waals surface area contributed by atoms with Crippen LogP contribution in [0.5, 0.6) is 0 Å². The summed E-state index contributed by atoms with van der Waals surface area (Å²) in [6.45, 7) is 8.66. The Morgan fingerprint density at radius 3 is 2.71 bits per heavy atom. The summed E-state index contributed by atoms with van der Waals surface area (Å²) < 4.78 is 0. The molecule has 0 aliphatic heterocycles. The minimum absolute atomic E-state index is 0.928. The number of hydrogen-bond donors (Lipinski definition) is 1. The van der Waals surface area contributed by atoms with E-state index in [1.165, 1.54) is 28.5 Å². The van der Waals surface area contributed by atoms with Crippen LogP contribution in [0.25, 0.3) is 0 Å². The van der Waals surface area contributed by atoms with Crippen LogP contribution in [0.2, 0.25) is 0 Å². The largest absolute Gasteiger partial charge is 0.310 e. The average Bonchev–Trinajstić information content (AvgIpc) is 2.71. The molecule has 1 heterocycles. The summed E-state index contributed by atoms with van der Waals surface area (Å²) in [4.78, 5) is 5.85. The molecule has 2 atom stereocenters. The van der Waals surface area contributed by atoms with Crippen molar-refractivity contribution in [3.63, 3.8) is 0 Å². The van der Waals surface area contributed by atoms with Crippen LogP contribution in [-0.4, -0.2) is 11.5 Å². The highest BCUT2D eigenvalue weighted by Crippen LogP contribution is 2.36. The molecule has 0 radical (unpaired) electrons. The van der Waals surface area contributed by atoms with Gasteiger partial charge in [0.05, 0.1) is 5.69 Å². The van der Waals surface area contributed by atoms with Crippen LogP contribution in [0.15, 0.2) is 0 Å². The van der Waals surface area contributed by atoms with Gasteiger partial charge in [0, 0.05) is 11.4 Å². The third kappa shape index (κ3) is 2.34. The van der Waals surface area contributed by atoms with Crippen molar-refractivity contribution in [3.8, 4) is 0 Å². The molecule has 2 rings (SSSR count). The van der Waals surface area contributed by atoms with E-state index in [0.717, 1.165) is 18.4 Å². The highest BCUT2D eigenvalue weighted by molar-refractivity contribution is 7.11. The summed E-state index contributed by atoms with van der Waals surface area (Å²) in [5.41, 5.74) is 1.19. The van der Waals surface area contributed by atoms with E-state index in [9.17, 15) is 0 Å². The maximum absolute atomic E-state index is 4.50. The molecule has 3 heteroatoms. The zero-order valence-electron chi connectivity index (χ0n) is 9.13. The second-order valence-electron chi connectivity index (χ2n) is 4.35. The second kappa shape index (κ2) is 3.99. The number of nitrogens with zero attached hydrogens (tertiary/aromatic N) is 1. The van der Waals surface area contributed by atoms with Crippen LogP contribution in [0.3, 0.4) is 0 Å². The number of nitrogens with one attached hydrogen (secondary N) is 1. The van der Waals surface area contributed by atoms with E-state index in [-0.39, 0.29) is 0 Å². The van der Waals surface area contributed by atoms with Gasteiger partial charge < -0.3 is 5.32 Å². The lowest BCUT2D eigenvalue weighted by atomic mass is 10.3. The molecule has 0 spiro atoms. The van der Waals surface area contributed by atoms with Crippen molar-refractivity contribution in [2.45, 2.75) is 33.7 Å². The first kappa shape index (κ1) is 10.1. The molecular weight excluding hydrogens is 192 g/mol. The number of hydrogen-bond acceptors (Lipinski definition) is 3. The molecule has 2 unspecified atom stereocenters. The zero-order valence-corrected chi connectivity index (χ0v) is 9.95. The van der Waals surface area contributed by atoms with E-state index in [1.807, 2.05) is 11.3 Å². The molecular formula is C11H18N2S. The van der Waals surface area contributed by atoms with Gasteiger partial charge in [-0.05, 0) is 38.6 Å². The summed E-state index contributed by atoms with van der Waals surface area (Å²) in [6.07, 6.45) is 1.41. The van der Waals surface area contributed by atoms with E-state index in [0.29, 0.717) is 0 Å². The van der Waals surface area contributed by atoms with Gasteiger partial charge in [0.15, 0.2) is 0 Å². The second-order valence-corrected chi connectivity index (χ2v) is 5.64. The molecule has 0 amide bonds. The highest BCUT2D eigenvalue weighted by atomic mass is 32.1. The summed E-state index contributed by atoms with van der Waals surface area (Å²) >= 11 is 1.81. The Bertz CT molecular complexity index is 300. The molecule has 1 aromatic rings. The molecule has 1 aliphatic rings. The number of aromatic nitrogens is 1. The van der Waals surface area contributed by atoms with Gasteiger partial charge in [0.2, 0.25) is 0 Å². The molecule has 0 bridgehead atoms. The van der Waals surface area contributed by atoms with Crippen molar-refractivity contribution in [2.24, 2.45) is 11.8 Å². The fourth-order valence-corrected chi connectivity index (χ4v) is 2.57. The van der Waals surface area contributed by atoms with Crippen LogP contribution >= 0.6 is 11.3 Å². The molecule has 1 fully saturated rings. The lowest BCUT2D eigenvalue weighted by molar-refractivity contribution is 0.610. The smallest absolute Gasteiger partial charge is 0.107 e. The highest BCUT2D eigenvalue weighted by Gasteiger charge is 2.31. The van der Waals surface area contributed by atoms with Crippen molar-refractivity contribution in [1.29, 1.82) is 0 Å². The predicted molar refractivity (Wildman–Crippen MR) is 60.6 cm³/mol. The lowest BCUT2D eigenvalue weighted by Crippen LogP contribution is -2.16. The standard InChI is InChI=1S/C11H18N2S/c1-7-4-10(7)5-12-6-11-13-8(2)9(3)14-11/h7,10,12H,4-6H2,1-3H3. The Kier molecular flexibility index (Phi) is 2.88. The number of thiazole rings is 1. The van der Waals surface area contributed by atoms with Crippen molar-refractivity contribution in [3.05, 3.63) is 15.6 Å². The van der Waals surface area contributed by atoms with Gasteiger partial charge >= 0.3 is 0 Å². The molecule has 2 nitrogen and oxygen atoms in total. The first-order valence-electron chi connectivity index (χ1n) is 5.30. The molecule has 1 saturated carbocycles. The van der Waals surface area contributed by atoms with Gasteiger partial charge in [-0.2, -0.15) is 0 Å². The first-order valence-corrected chi connectivity index (χ1v) is 6.12. The topological polar surface area (TPSA) is 24.9 Å². The Balaban J connectivity index is 1.74. The fraction of sp³-hybridized carbons (Fsp3) is 0.727. The molecule has 1 N–H and O–H groups in total. The Hall–Kier alpha value is -0.410. The van der Waals surface area contributed by atoms with E-state index >= 15 is 0 Å². The van der Waals surface area contributed by atoms with Gasteiger partial charge in [-0.15, -0.1) is 11.3 Å². The number of rotatable bonds is 4. The van der Waals surface area contributed by atoms with Crippen LogP contribution in [0, 0.1) is 25.7 Å². The molecule has 14 heavy (non-hydrogen) atoms. The van der Waals surface area contributed by atoms with Crippen molar-refractivity contribution >= 4 is 11.3 Å². The van der Waals surface area contributed by atoms with Gasteiger partial charge in [0.25, 0.3) is 0 Å². The lowest BCUT2D eigenvalue weighted by Gasteiger charge is -1.99. The predicted octanol–water partition coefficient (Wildman–Crippen LogP) is 2.51.